The molecular formula is C13H8F4N4O3S. The van der Waals surface area contributed by atoms with Crippen LogP contribution in [0.5, 0.6) is 0 Å². The first-order chi connectivity index (χ1) is 11.7. The van der Waals surface area contributed by atoms with Gasteiger partial charge in [-0.25, -0.2) is 14.4 Å². The lowest BCUT2D eigenvalue weighted by Crippen LogP contribution is -2.16. The van der Waals surface area contributed by atoms with Crippen LogP contribution >= 0.6 is 11.8 Å². The van der Waals surface area contributed by atoms with Crippen LogP contribution in [-0.4, -0.2) is 26.6 Å². The molecule has 1 aromatic heterocycles. The van der Waals surface area contributed by atoms with Crippen molar-refractivity contribution in [2.45, 2.75) is 11.3 Å². The summed E-state index contributed by atoms with van der Waals surface area (Å²) < 4.78 is 51.1. The molecular weight excluding hydrogens is 368 g/mol. The molecule has 0 radical (unpaired) electrons. The van der Waals surface area contributed by atoms with E-state index in [2.05, 4.69) is 15.3 Å². The summed E-state index contributed by atoms with van der Waals surface area (Å²) in [7, 11) is 0. The average Bonchev–Trinajstić information content (AvgIpc) is 2.54. The lowest BCUT2D eigenvalue weighted by Gasteiger charge is -2.07. The number of nitrogens with zero attached hydrogens (tertiary/aromatic N) is 3. The normalized spacial score (nSPS) is 11.2. The highest BCUT2D eigenvalue weighted by Gasteiger charge is 2.32. The molecule has 0 saturated heterocycles. The number of hydrogen-bond acceptors (Lipinski definition) is 6. The highest BCUT2D eigenvalue weighted by atomic mass is 32.2. The largest absolute Gasteiger partial charge is 0.433 e. The number of hydrogen-bond donors (Lipinski definition) is 1. The quantitative estimate of drug-likeness (QED) is 0.283. The van der Waals surface area contributed by atoms with Gasteiger partial charge in [0.2, 0.25) is 5.91 Å². The molecule has 1 N–H and O–H groups in total. The fourth-order valence-electron chi connectivity index (χ4n) is 1.61. The number of nitro groups is 1. The van der Waals surface area contributed by atoms with Gasteiger partial charge in [-0.1, -0.05) is 11.8 Å². The summed E-state index contributed by atoms with van der Waals surface area (Å²) in [6.07, 6.45) is -3.75. The summed E-state index contributed by atoms with van der Waals surface area (Å²) in [5, 5.41) is 12.4. The van der Waals surface area contributed by atoms with Crippen LogP contribution in [0.15, 0.2) is 35.6 Å². The Morgan fingerprint density at radius 3 is 2.68 bits per heavy atom. The number of aromatic nitrogens is 2. The van der Waals surface area contributed by atoms with Gasteiger partial charge in [-0.2, -0.15) is 13.2 Å². The Bertz CT molecular complexity index is 816. The molecule has 0 bridgehead atoms. The second-order valence-electron chi connectivity index (χ2n) is 4.48. The molecule has 1 amide bonds. The minimum Gasteiger partial charge on any atom is -0.323 e. The van der Waals surface area contributed by atoms with Crippen molar-refractivity contribution in [2.75, 3.05) is 11.1 Å². The predicted octanol–water partition coefficient (Wildman–Crippen LogP) is 3.27. The van der Waals surface area contributed by atoms with Crippen molar-refractivity contribution in [1.29, 1.82) is 0 Å². The molecule has 2 aromatic rings. The van der Waals surface area contributed by atoms with Crippen LogP contribution in [0, 0.1) is 15.9 Å². The van der Waals surface area contributed by atoms with Crippen LogP contribution in [0.1, 0.15) is 5.69 Å². The number of nitro benzene ring substituents is 1. The maximum atomic E-state index is 13.5. The van der Waals surface area contributed by atoms with E-state index >= 15 is 0 Å². The molecule has 132 valence electrons. The first-order valence-corrected chi connectivity index (χ1v) is 7.42. The second kappa shape index (κ2) is 7.42. The van der Waals surface area contributed by atoms with E-state index in [-0.39, 0.29) is 5.16 Å². The molecule has 0 aliphatic heterocycles. The summed E-state index contributed by atoms with van der Waals surface area (Å²) in [5.74, 6) is -2.09. The van der Waals surface area contributed by atoms with E-state index in [4.69, 9.17) is 0 Å². The number of halogens is 4. The van der Waals surface area contributed by atoms with E-state index < -0.39 is 45.6 Å². The van der Waals surface area contributed by atoms with Crippen LogP contribution < -0.4 is 5.32 Å². The molecule has 1 aromatic carbocycles. The van der Waals surface area contributed by atoms with Gasteiger partial charge in [0, 0.05) is 18.3 Å². The third-order valence-electron chi connectivity index (χ3n) is 2.69. The Balaban J connectivity index is 2.02. The number of alkyl halides is 3. The minimum absolute atomic E-state index is 0.288. The minimum atomic E-state index is -4.65. The van der Waals surface area contributed by atoms with E-state index in [0.717, 1.165) is 24.4 Å². The zero-order valence-corrected chi connectivity index (χ0v) is 12.9. The third kappa shape index (κ3) is 5.11. The second-order valence-corrected chi connectivity index (χ2v) is 5.42. The van der Waals surface area contributed by atoms with Crippen LogP contribution in [-0.2, 0) is 11.0 Å². The molecule has 2 rings (SSSR count). The topological polar surface area (TPSA) is 98.0 Å². The van der Waals surface area contributed by atoms with Crippen LogP contribution in [0.25, 0.3) is 0 Å². The maximum absolute atomic E-state index is 13.5. The van der Waals surface area contributed by atoms with Crippen molar-refractivity contribution in [3.8, 4) is 0 Å². The molecule has 0 unspecified atom stereocenters. The van der Waals surface area contributed by atoms with E-state index in [9.17, 15) is 32.5 Å². The third-order valence-corrected chi connectivity index (χ3v) is 3.55. The Morgan fingerprint density at radius 1 is 1.32 bits per heavy atom. The fraction of sp³-hybridized carbons (Fsp3) is 0.154. The summed E-state index contributed by atoms with van der Waals surface area (Å²) in [6, 6.07) is 3.26. The molecule has 7 nitrogen and oxygen atoms in total. The van der Waals surface area contributed by atoms with E-state index in [0.29, 0.717) is 17.8 Å². The van der Waals surface area contributed by atoms with Crippen LogP contribution in [0.3, 0.4) is 0 Å². The highest BCUT2D eigenvalue weighted by molar-refractivity contribution is 7.99. The molecule has 0 saturated carbocycles. The summed E-state index contributed by atoms with van der Waals surface area (Å²) in [4.78, 5) is 28.5. The average molecular weight is 376 g/mol. The number of anilines is 1. The summed E-state index contributed by atoms with van der Waals surface area (Å²) in [6.45, 7) is 0. The SMILES string of the molecule is O=C(CSc1nccc(C(F)(F)F)n1)Nc1cc([N+](=O)[O-])ccc1F. The standard InChI is InChI=1S/C13H8F4N4O3S/c14-8-2-1-7(21(23)24)5-9(8)19-11(22)6-25-12-18-4-3-10(20-12)13(15,16)17/h1-5H,6H2,(H,19,22). The number of rotatable bonds is 5. The van der Waals surface area contributed by atoms with Crippen molar-refractivity contribution >= 4 is 29.0 Å². The van der Waals surface area contributed by atoms with Crippen molar-refractivity contribution in [3.05, 3.63) is 52.1 Å². The van der Waals surface area contributed by atoms with E-state index in [1.54, 1.807) is 0 Å². The van der Waals surface area contributed by atoms with E-state index in [1.807, 2.05) is 0 Å². The Hall–Kier alpha value is -2.76. The number of thioether (sulfide) groups is 1. The summed E-state index contributed by atoms with van der Waals surface area (Å²) >= 11 is 0.604. The molecule has 25 heavy (non-hydrogen) atoms. The van der Waals surface area contributed by atoms with Gasteiger partial charge >= 0.3 is 6.18 Å². The first-order valence-electron chi connectivity index (χ1n) is 6.43. The number of non-ortho nitro benzene ring substituents is 1. The molecule has 0 aliphatic carbocycles. The lowest BCUT2D eigenvalue weighted by atomic mass is 10.2. The Labute approximate surface area is 141 Å². The van der Waals surface area contributed by atoms with Crippen molar-refractivity contribution in [3.63, 3.8) is 0 Å². The first kappa shape index (κ1) is 18.6. The zero-order chi connectivity index (χ0) is 18.6. The van der Waals surface area contributed by atoms with Gasteiger partial charge in [0.25, 0.3) is 5.69 Å². The fourth-order valence-corrected chi connectivity index (χ4v) is 2.24. The number of carbonyl (C=O) groups is 1. The van der Waals surface area contributed by atoms with Crippen molar-refractivity contribution in [1.82, 2.24) is 9.97 Å². The Kier molecular flexibility index (Phi) is 5.51. The van der Waals surface area contributed by atoms with Crippen molar-refractivity contribution < 1.29 is 27.3 Å². The van der Waals surface area contributed by atoms with Crippen LogP contribution in [0.2, 0.25) is 0 Å². The van der Waals surface area contributed by atoms with Gasteiger partial charge in [-0.3, -0.25) is 14.9 Å². The molecule has 0 atom stereocenters. The van der Waals surface area contributed by atoms with Gasteiger partial charge in [-0.05, 0) is 12.1 Å². The molecule has 0 spiro atoms. The predicted molar refractivity (Wildman–Crippen MR) is 79.4 cm³/mol. The summed E-state index contributed by atoms with van der Waals surface area (Å²) in [5.41, 5.74) is -1.99. The van der Waals surface area contributed by atoms with Crippen LogP contribution in [0.4, 0.5) is 28.9 Å². The number of carbonyl (C=O) groups excluding carboxylic acids is 1. The monoisotopic (exact) mass is 376 g/mol. The molecule has 12 heteroatoms. The van der Waals surface area contributed by atoms with Gasteiger partial charge in [-0.15, -0.1) is 0 Å². The van der Waals surface area contributed by atoms with E-state index in [1.165, 1.54) is 0 Å². The lowest BCUT2D eigenvalue weighted by molar-refractivity contribution is -0.384. The van der Waals surface area contributed by atoms with Gasteiger partial charge in [0.1, 0.15) is 11.5 Å². The zero-order valence-electron chi connectivity index (χ0n) is 12.1. The van der Waals surface area contributed by atoms with Gasteiger partial charge in [0.15, 0.2) is 5.16 Å². The maximum Gasteiger partial charge on any atom is 0.433 e. The number of nitrogens with one attached hydrogen (secondary N) is 1. The molecule has 1 heterocycles. The molecule has 0 fully saturated rings. The Morgan fingerprint density at radius 2 is 2.04 bits per heavy atom. The van der Waals surface area contributed by atoms with Gasteiger partial charge < -0.3 is 5.32 Å². The smallest absolute Gasteiger partial charge is 0.323 e. The number of amides is 1. The van der Waals surface area contributed by atoms with Gasteiger partial charge in [0.05, 0.1) is 16.4 Å². The van der Waals surface area contributed by atoms with Crippen molar-refractivity contribution in [2.24, 2.45) is 0 Å². The number of benzene rings is 1. The highest BCUT2D eigenvalue weighted by Crippen LogP contribution is 2.28. The molecule has 0 aliphatic rings.